The fourth-order valence-electron chi connectivity index (χ4n) is 3.09. The molecule has 0 spiro atoms. The number of imidazole rings is 1. The van der Waals surface area contributed by atoms with Crippen molar-refractivity contribution < 1.29 is 17.9 Å². The minimum Gasteiger partial charge on any atom is -0.406 e. The zero-order chi connectivity index (χ0) is 21.3. The molecule has 30 heavy (non-hydrogen) atoms. The fraction of sp³-hybridized carbons (Fsp3) is 0.0500. The number of hydrazone groups is 1. The molecular formula is C20H14F3N5OS. The number of hydrogen-bond acceptors (Lipinski definition) is 4. The van der Waals surface area contributed by atoms with Crippen molar-refractivity contribution in [2.75, 3.05) is 0 Å². The highest BCUT2D eigenvalue weighted by molar-refractivity contribution is 7.80. The van der Waals surface area contributed by atoms with E-state index in [1.54, 1.807) is 29.2 Å². The van der Waals surface area contributed by atoms with Crippen LogP contribution in [0, 0.1) is 0 Å². The molecule has 0 aliphatic carbocycles. The van der Waals surface area contributed by atoms with Crippen LogP contribution in [-0.4, -0.2) is 27.2 Å². The molecule has 10 heteroatoms. The number of thiocarbonyl (C=S) groups is 1. The van der Waals surface area contributed by atoms with Crippen LogP contribution in [0.1, 0.15) is 5.56 Å². The number of benzene rings is 3. The molecule has 0 aliphatic rings. The lowest BCUT2D eigenvalue weighted by molar-refractivity contribution is -0.274. The third kappa shape index (κ3) is 4.18. The van der Waals surface area contributed by atoms with Crippen molar-refractivity contribution in [3.05, 3.63) is 66.5 Å². The van der Waals surface area contributed by atoms with Gasteiger partial charge in [-0.15, -0.1) is 13.2 Å². The van der Waals surface area contributed by atoms with Crippen LogP contribution in [0.25, 0.3) is 27.5 Å². The predicted octanol–water partition coefficient (Wildman–Crippen LogP) is 4.24. The van der Waals surface area contributed by atoms with Gasteiger partial charge in [0.05, 0.1) is 17.2 Å². The summed E-state index contributed by atoms with van der Waals surface area (Å²) in [5, 5.41) is 5.91. The monoisotopic (exact) mass is 429 g/mol. The van der Waals surface area contributed by atoms with Gasteiger partial charge in [0, 0.05) is 11.1 Å². The van der Waals surface area contributed by atoms with E-state index in [2.05, 4.69) is 20.2 Å². The molecule has 0 aliphatic heterocycles. The number of ether oxygens (including phenoxy) is 1. The molecule has 0 saturated heterocycles. The highest BCUT2D eigenvalue weighted by atomic mass is 32.1. The number of fused-ring (bicyclic) bond motifs is 3. The van der Waals surface area contributed by atoms with E-state index in [0.29, 0.717) is 5.69 Å². The maximum absolute atomic E-state index is 12.3. The van der Waals surface area contributed by atoms with Gasteiger partial charge in [-0.05, 0) is 59.6 Å². The molecule has 3 N–H and O–H groups in total. The maximum Gasteiger partial charge on any atom is 0.573 e. The molecule has 0 amide bonds. The topological polar surface area (TPSA) is 77.5 Å². The van der Waals surface area contributed by atoms with Crippen molar-refractivity contribution in [1.82, 2.24) is 15.0 Å². The summed E-state index contributed by atoms with van der Waals surface area (Å²) >= 11 is 4.70. The second-order valence-corrected chi connectivity index (χ2v) is 6.74. The van der Waals surface area contributed by atoms with E-state index in [0.717, 1.165) is 27.4 Å². The van der Waals surface area contributed by atoms with E-state index in [9.17, 15) is 13.2 Å². The molecule has 6 nitrogen and oxygen atoms in total. The molecule has 0 unspecified atom stereocenters. The number of hydrogen-bond donors (Lipinski definition) is 2. The summed E-state index contributed by atoms with van der Waals surface area (Å²) in [5.74, 6) is -0.278. The van der Waals surface area contributed by atoms with Crippen LogP contribution in [0.5, 0.6) is 5.75 Å². The summed E-state index contributed by atoms with van der Waals surface area (Å²) in [6, 6.07) is 15.2. The number of nitrogens with one attached hydrogen (secondary N) is 1. The minimum atomic E-state index is -4.72. The van der Waals surface area contributed by atoms with Gasteiger partial charge < -0.3 is 10.5 Å². The second-order valence-electron chi connectivity index (χ2n) is 6.30. The summed E-state index contributed by atoms with van der Waals surface area (Å²) < 4.78 is 42.7. The van der Waals surface area contributed by atoms with Crippen LogP contribution < -0.4 is 15.9 Å². The molecular weight excluding hydrogens is 415 g/mol. The third-order valence-electron chi connectivity index (χ3n) is 4.29. The van der Waals surface area contributed by atoms with Gasteiger partial charge >= 0.3 is 6.36 Å². The van der Waals surface area contributed by atoms with Gasteiger partial charge in [-0.3, -0.25) is 9.99 Å². The van der Waals surface area contributed by atoms with E-state index < -0.39 is 6.36 Å². The summed E-state index contributed by atoms with van der Waals surface area (Å²) in [6.07, 6.45) is -1.49. The van der Waals surface area contributed by atoms with Crippen LogP contribution in [0.3, 0.4) is 0 Å². The predicted molar refractivity (Wildman–Crippen MR) is 113 cm³/mol. The number of nitrogens with zero attached hydrogens (tertiary/aromatic N) is 3. The van der Waals surface area contributed by atoms with Gasteiger partial charge in [0.2, 0.25) is 0 Å². The molecule has 0 saturated carbocycles. The van der Waals surface area contributed by atoms with Crippen LogP contribution in [0.4, 0.5) is 13.2 Å². The Morgan fingerprint density at radius 1 is 1.13 bits per heavy atom. The molecule has 0 radical (unpaired) electrons. The summed E-state index contributed by atoms with van der Waals surface area (Å²) in [5.41, 5.74) is 10.9. The number of nitrogens with two attached hydrogens (primary N) is 1. The van der Waals surface area contributed by atoms with E-state index in [1.807, 2.05) is 30.3 Å². The zero-order valence-electron chi connectivity index (χ0n) is 15.2. The zero-order valence-corrected chi connectivity index (χ0v) is 16.0. The molecule has 0 fully saturated rings. The van der Waals surface area contributed by atoms with Gasteiger partial charge in [0.25, 0.3) is 0 Å². The SMILES string of the molecule is NC(=S)N/N=C\c1ccc2c(ccc3c2ncn3-c2ccc(OC(F)(F)F)cc2)c1. The van der Waals surface area contributed by atoms with Crippen molar-refractivity contribution in [3.8, 4) is 11.4 Å². The first-order valence-corrected chi connectivity index (χ1v) is 9.05. The lowest BCUT2D eigenvalue weighted by atomic mass is 10.1. The molecule has 1 heterocycles. The van der Waals surface area contributed by atoms with Crippen LogP contribution in [0.15, 0.2) is 66.0 Å². The van der Waals surface area contributed by atoms with Gasteiger partial charge in [-0.1, -0.05) is 18.2 Å². The smallest absolute Gasteiger partial charge is 0.406 e. The van der Waals surface area contributed by atoms with Crippen molar-refractivity contribution in [2.24, 2.45) is 10.8 Å². The van der Waals surface area contributed by atoms with Crippen molar-refractivity contribution in [1.29, 1.82) is 0 Å². The second kappa shape index (κ2) is 7.64. The molecule has 152 valence electrons. The molecule has 1 aromatic heterocycles. The normalized spacial score (nSPS) is 12.0. The molecule has 0 bridgehead atoms. The Kier molecular flexibility index (Phi) is 5.00. The summed E-state index contributed by atoms with van der Waals surface area (Å²) in [6.45, 7) is 0. The highest BCUT2D eigenvalue weighted by Crippen LogP contribution is 2.28. The van der Waals surface area contributed by atoms with Crippen LogP contribution in [-0.2, 0) is 0 Å². The van der Waals surface area contributed by atoms with Crippen molar-refractivity contribution in [2.45, 2.75) is 6.36 Å². The average molecular weight is 429 g/mol. The quantitative estimate of drug-likeness (QED) is 0.288. The van der Waals surface area contributed by atoms with Crippen molar-refractivity contribution in [3.63, 3.8) is 0 Å². The van der Waals surface area contributed by atoms with E-state index >= 15 is 0 Å². The lowest BCUT2D eigenvalue weighted by Crippen LogP contribution is -2.23. The Morgan fingerprint density at radius 3 is 2.60 bits per heavy atom. The Hall–Kier alpha value is -3.66. The summed E-state index contributed by atoms with van der Waals surface area (Å²) in [7, 11) is 0. The minimum absolute atomic E-state index is 0.0808. The number of rotatable bonds is 4. The Balaban J connectivity index is 1.67. The number of aromatic nitrogens is 2. The average Bonchev–Trinajstić information content (AvgIpc) is 3.11. The van der Waals surface area contributed by atoms with E-state index in [1.165, 1.54) is 12.1 Å². The third-order valence-corrected chi connectivity index (χ3v) is 4.38. The van der Waals surface area contributed by atoms with E-state index in [-0.39, 0.29) is 10.9 Å². The molecule has 3 aromatic carbocycles. The number of halogens is 3. The van der Waals surface area contributed by atoms with Gasteiger partial charge in [-0.25, -0.2) is 4.98 Å². The Morgan fingerprint density at radius 2 is 1.90 bits per heavy atom. The molecule has 4 aromatic rings. The Labute approximate surface area is 173 Å². The molecule has 0 atom stereocenters. The first kappa shape index (κ1) is 19.6. The van der Waals surface area contributed by atoms with Crippen molar-refractivity contribution >= 4 is 45.4 Å². The van der Waals surface area contributed by atoms with Crippen LogP contribution >= 0.6 is 12.2 Å². The number of alkyl halides is 3. The molecule has 4 rings (SSSR count). The first-order chi connectivity index (χ1) is 14.3. The maximum atomic E-state index is 12.3. The standard InChI is InChI=1S/C20H14F3N5OS/c21-20(22,23)29-15-5-3-14(4-6-15)28-11-25-18-16-7-1-12(10-26-27-19(24)30)9-13(16)2-8-17(18)28/h1-11H,(H3,24,27,30)/b26-10-. The van der Waals surface area contributed by atoms with Gasteiger partial charge in [-0.2, -0.15) is 5.10 Å². The lowest BCUT2D eigenvalue weighted by Gasteiger charge is -2.10. The van der Waals surface area contributed by atoms with E-state index in [4.69, 9.17) is 18.0 Å². The summed E-state index contributed by atoms with van der Waals surface area (Å²) in [4.78, 5) is 4.49. The van der Waals surface area contributed by atoms with Gasteiger partial charge in [0.1, 0.15) is 12.1 Å². The van der Waals surface area contributed by atoms with Crippen LogP contribution in [0.2, 0.25) is 0 Å². The Bertz CT molecular complexity index is 1270. The largest absolute Gasteiger partial charge is 0.573 e. The first-order valence-electron chi connectivity index (χ1n) is 8.65. The highest BCUT2D eigenvalue weighted by Gasteiger charge is 2.31. The van der Waals surface area contributed by atoms with Gasteiger partial charge in [0.15, 0.2) is 5.11 Å². The fourth-order valence-corrected chi connectivity index (χ4v) is 3.15.